The Morgan fingerprint density at radius 3 is 3.00 bits per heavy atom. The minimum Gasteiger partial charge on any atom is -0.336 e. The third-order valence-electron chi connectivity index (χ3n) is 2.50. The maximum Gasteiger partial charge on any atom is 0.317 e. The molecule has 0 unspecified atom stereocenters. The SMILES string of the molecule is Cc1cnn(CCNC(=O)N2CC(F)C2)c1. The summed E-state index contributed by atoms with van der Waals surface area (Å²) in [5, 5.41) is 6.82. The van der Waals surface area contributed by atoms with Gasteiger partial charge in [-0.15, -0.1) is 0 Å². The summed E-state index contributed by atoms with van der Waals surface area (Å²) in [7, 11) is 0. The van der Waals surface area contributed by atoms with Gasteiger partial charge in [0.15, 0.2) is 0 Å². The van der Waals surface area contributed by atoms with Gasteiger partial charge in [-0.3, -0.25) is 4.68 Å². The summed E-state index contributed by atoms with van der Waals surface area (Å²) < 4.78 is 14.2. The Morgan fingerprint density at radius 2 is 2.44 bits per heavy atom. The number of nitrogens with zero attached hydrogens (tertiary/aromatic N) is 3. The van der Waals surface area contributed by atoms with Gasteiger partial charge in [0.25, 0.3) is 0 Å². The van der Waals surface area contributed by atoms with Crippen LogP contribution >= 0.6 is 0 Å². The number of rotatable bonds is 3. The lowest BCUT2D eigenvalue weighted by molar-refractivity contribution is 0.0898. The molecule has 1 aliphatic rings. The number of aryl methyl sites for hydroxylation is 1. The van der Waals surface area contributed by atoms with E-state index in [4.69, 9.17) is 0 Å². The molecule has 1 N–H and O–H groups in total. The number of amides is 2. The normalized spacial score (nSPS) is 16.0. The van der Waals surface area contributed by atoms with Crippen LogP contribution in [0.4, 0.5) is 9.18 Å². The Morgan fingerprint density at radius 1 is 1.69 bits per heavy atom. The van der Waals surface area contributed by atoms with Crippen molar-refractivity contribution < 1.29 is 9.18 Å². The first-order chi connectivity index (χ1) is 7.65. The minimum atomic E-state index is -0.848. The van der Waals surface area contributed by atoms with Crippen LogP contribution in [0.1, 0.15) is 5.56 Å². The number of likely N-dealkylation sites (tertiary alicyclic amines) is 1. The third kappa shape index (κ3) is 2.50. The van der Waals surface area contributed by atoms with E-state index in [1.807, 2.05) is 13.1 Å². The molecule has 2 amide bonds. The first-order valence-electron chi connectivity index (χ1n) is 5.31. The second kappa shape index (κ2) is 4.51. The van der Waals surface area contributed by atoms with E-state index >= 15 is 0 Å². The zero-order valence-corrected chi connectivity index (χ0v) is 9.19. The van der Waals surface area contributed by atoms with E-state index in [1.165, 1.54) is 4.90 Å². The summed E-state index contributed by atoms with van der Waals surface area (Å²) in [5.74, 6) is 0. The van der Waals surface area contributed by atoms with Crippen molar-refractivity contribution >= 4 is 6.03 Å². The first kappa shape index (κ1) is 10.9. The van der Waals surface area contributed by atoms with Gasteiger partial charge < -0.3 is 10.2 Å². The maximum absolute atomic E-state index is 12.5. The summed E-state index contributed by atoms with van der Waals surface area (Å²) in [5.41, 5.74) is 1.09. The van der Waals surface area contributed by atoms with Crippen molar-refractivity contribution in [3.63, 3.8) is 0 Å². The lowest BCUT2D eigenvalue weighted by Crippen LogP contribution is -2.55. The van der Waals surface area contributed by atoms with Gasteiger partial charge in [0.05, 0.1) is 25.8 Å². The van der Waals surface area contributed by atoms with E-state index in [0.29, 0.717) is 13.1 Å². The largest absolute Gasteiger partial charge is 0.336 e. The molecule has 0 bridgehead atoms. The number of alkyl halides is 1. The third-order valence-corrected chi connectivity index (χ3v) is 2.50. The maximum atomic E-state index is 12.5. The van der Waals surface area contributed by atoms with Gasteiger partial charge in [-0.25, -0.2) is 9.18 Å². The molecule has 16 heavy (non-hydrogen) atoms. The molecule has 1 aliphatic heterocycles. The molecule has 88 valence electrons. The van der Waals surface area contributed by atoms with Crippen molar-refractivity contribution in [1.29, 1.82) is 0 Å². The standard InChI is InChI=1S/C10H15FN4O/c1-8-4-13-15(5-8)3-2-12-10(16)14-6-9(11)7-14/h4-5,9H,2-3,6-7H2,1H3,(H,12,16). The van der Waals surface area contributed by atoms with Gasteiger partial charge in [0.2, 0.25) is 0 Å². The lowest BCUT2D eigenvalue weighted by atomic mass is 10.2. The van der Waals surface area contributed by atoms with Crippen LogP contribution in [0.5, 0.6) is 0 Å². The Balaban J connectivity index is 1.66. The molecule has 0 aliphatic carbocycles. The summed E-state index contributed by atoms with van der Waals surface area (Å²) in [6.07, 6.45) is 2.83. The number of carbonyl (C=O) groups excluding carboxylic acids is 1. The molecular weight excluding hydrogens is 211 g/mol. The predicted octanol–water partition coefficient (Wildman–Crippen LogP) is 0.555. The molecule has 0 aromatic carbocycles. The molecule has 1 saturated heterocycles. The molecule has 0 saturated carbocycles. The number of carbonyl (C=O) groups is 1. The van der Waals surface area contributed by atoms with Gasteiger partial charge in [-0.2, -0.15) is 5.10 Å². The lowest BCUT2D eigenvalue weighted by Gasteiger charge is -2.34. The second-order valence-electron chi connectivity index (χ2n) is 4.01. The number of hydrogen-bond donors (Lipinski definition) is 1. The van der Waals surface area contributed by atoms with Crippen LogP contribution in [-0.2, 0) is 6.54 Å². The molecule has 6 heteroatoms. The molecule has 1 fully saturated rings. The van der Waals surface area contributed by atoms with Crippen molar-refractivity contribution in [3.05, 3.63) is 18.0 Å². The van der Waals surface area contributed by atoms with Gasteiger partial charge in [0.1, 0.15) is 6.17 Å². The van der Waals surface area contributed by atoms with Crippen molar-refractivity contribution in [2.75, 3.05) is 19.6 Å². The molecule has 1 aromatic heterocycles. The van der Waals surface area contributed by atoms with Crippen LogP contribution in [-0.4, -0.2) is 46.5 Å². The Hall–Kier alpha value is -1.59. The molecule has 0 radical (unpaired) electrons. The molecule has 2 rings (SSSR count). The number of urea groups is 1. The summed E-state index contributed by atoms with van der Waals surface area (Å²) in [6.45, 7) is 3.53. The zero-order valence-electron chi connectivity index (χ0n) is 9.19. The minimum absolute atomic E-state index is 0.197. The van der Waals surface area contributed by atoms with E-state index in [-0.39, 0.29) is 19.1 Å². The van der Waals surface area contributed by atoms with Crippen molar-refractivity contribution in [2.45, 2.75) is 19.6 Å². The van der Waals surface area contributed by atoms with Crippen molar-refractivity contribution in [1.82, 2.24) is 20.0 Å². The summed E-state index contributed by atoms with van der Waals surface area (Å²) in [4.78, 5) is 12.8. The quantitative estimate of drug-likeness (QED) is 0.818. The predicted molar refractivity (Wildman–Crippen MR) is 56.8 cm³/mol. The van der Waals surface area contributed by atoms with E-state index in [9.17, 15) is 9.18 Å². The molecule has 0 atom stereocenters. The zero-order chi connectivity index (χ0) is 11.5. The monoisotopic (exact) mass is 226 g/mol. The van der Waals surface area contributed by atoms with Crippen LogP contribution in [0.15, 0.2) is 12.4 Å². The molecule has 1 aromatic rings. The molecule has 2 heterocycles. The number of aromatic nitrogens is 2. The first-order valence-corrected chi connectivity index (χ1v) is 5.31. The van der Waals surface area contributed by atoms with E-state index in [0.717, 1.165) is 5.56 Å². The molecule has 0 spiro atoms. The number of nitrogens with one attached hydrogen (secondary N) is 1. The van der Waals surface area contributed by atoms with Gasteiger partial charge in [-0.1, -0.05) is 0 Å². The van der Waals surface area contributed by atoms with Crippen LogP contribution < -0.4 is 5.32 Å². The fourth-order valence-electron chi connectivity index (χ4n) is 1.57. The Labute approximate surface area is 93.2 Å². The van der Waals surface area contributed by atoms with Crippen LogP contribution in [0.3, 0.4) is 0 Å². The van der Waals surface area contributed by atoms with Gasteiger partial charge >= 0.3 is 6.03 Å². The molecule has 5 nitrogen and oxygen atoms in total. The van der Waals surface area contributed by atoms with Crippen LogP contribution in [0.2, 0.25) is 0 Å². The van der Waals surface area contributed by atoms with E-state index in [2.05, 4.69) is 10.4 Å². The number of halogens is 1. The average molecular weight is 226 g/mol. The van der Waals surface area contributed by atoms with Crippen LogP contribution in [0.25, 0.3) is 0 Å². The van der Waals surface area contributed by atoms with Gasteiger partial charge in [-0.05, 0) is 12.5 Å². The van der Waals surface area contributed by atoms with E-state index in [1.54, 1.807) is 10.9 Å². The summed E-state index contributed by atoms with van der Waals surface area (Å²) in [6, 6.07) is -0.197. The fourth-order valence-corrected chi connectivity index (χ4v) is 1.57. The van der Waals surface area contributed by atoms with Crippen LogP contribution in [0, 0.1) is 6.92 Å². The Kier molecular flexibility index (Phi) is 3.07. The highest BCUT2D eigenvalue weighted by atomic mass is 19.1. The topological polar surface area (TPSA) is 50.2 Å². The highest BCUT2D eigenvalue weighted by Gasteiger charge is 2.29. The van der Waals surface area contributed by atoms with E-state index < -0.39 is 6.17 Å². The molecular formula is C10H15FN4O. The van der Waals surface area contributed by atoms with Gasteiger partial charge in [0, 0.05) is 12.7 Å². The Bertz CT molecular complexity index is 373. The highest BCUT2D eigenvalue weighted by molar-refractivity contribution is 5.75. The van der Waals surface area contributed by atoms with Crippen molar-refractivity contribution in [2.24, 2.45) is 0 Å². The highest BCUT2D eigenvalue weighted by Crippen LogP contribution is 2.10. The second-order valence-corrected chi connectivity index (χ2v) is 4.01. The number of hydrogen-bond acceptors (Lipinski definition) is 2. The summed E-state index contributed by atoms with van der Waals surface area (Å²) >= 11 is 0. The average Bonchev–Trinajstić information content (AvgIpc) is 2.59. The smallest absolute Gasteiger partial charge is 0.317 e. The van der Waals surface area contributed by atoms with Crippen molar-refractivity contribution in [3.8, 4) is 0 Å². The fraction of sp³-hybridized carbons (Fsp3) is 0.600.